The number of unbranched alkanes of at least 4 members (excludes halogenated alkanes) is 40. The summed E-state index contributed by atoms with van der Waals surface area (Å²) in [6, 6.07) is 0. The lowest BCUT2D eigenvalue weighted by molar-refractivity contribution is -0.161. The van der Waals surface area contributed by atoms with Crippen molar-refractivity contribution in [3.05, 3.63) is 24.3 Å². The van der Waals surface area contributed by atoms with Gasteiger partial charge in [0.25, 0.3) is 0 Å². The molecule has 0 fully saturated rings. The molecule has 0 aliphatic carbocycles. The Morgan fingerprint density at radius 2 is 0.645 bits per heavy atom. The summed E-state index contributed by atoms with van der Waals surface area (Å²) in [6.45, 7) is 4.18. The van der Waals surface area contributed by atoms with Gasteiger partial charge in [-0.15, -0.1) is 0 Å². The highest BCUT2D eigenvalue weighted by Crippen LogP contribution is 2.17. The van der Waals surface area contributed by atoms with Crippen LogP contribution in [0.4, 0.5) is 0 Å². The van der Waals surface area contributed by atoms with Gasteiger partial charge < -0.3 is 14.6 Å². The summed E-state index contributed by atoms with van der Waals surface area (Å²) in [5, 5.41) is 9.65. The average Bonchev–Trinajstić information content (AvgIpc) is 3.28. The molecular weight excluding hydrogens is 765 g/mol. The maximum absolute atomic E-state index is 12.3. The number of hydrogen-bond acceptors (Lipinski definition) is 5. The van der Waals surface area contributed by atoms with E-state index < -0.39 is 6.10 Å². The van der Waals surface area contributed by atoms with E-state index >= 15 is 0 Å². The summed E-state index contributed by atoms with van der Waals surface area (Å²) in [7, 11) is 0. The molecule has 0 rings (SSSR count). The molecule has 1 N–H and O–H groups in total. The summed E-state index contributed by atoms with van der Waals surface area (Å²) in [6.07, 6.45) is 67.2. The first-order valence-electron chi connectivity index (χ1n) is 27.9. The largest absolute Gasteiger partial charge is 0.462 e. The zero-order valence-electron chi connectivity index (χ0n) is 41.9. The van der Waals surface area contributed by atoms with E-state index in [9.17, 15) is 14.7 Å². The normalized spacial score (nSPS) is 12.2. The Hall–Kier alpha value is -1.62. The van der Waals surface area contributed by atoms with Gasteiger partial charge in [-0.1, -0.05) is 276 Å². The number of aliphatic hydroxyl groups is 1. The maximum Gasteiger partial charge on any atom is 0.306 e. The number of rotatable bonds is 52. The summed E-state index contributed by atoms with van der Waals surface area (Å²) >= 11 is 0. The van der Waals surface area contributed by atoms with Gasteiger partial charge in [0.15, 0.2) is 6.10 Å². The molecule has 0 spiro atoms. The molecule has 0 saturated carbocycles. The summed E-state index contributed by atoms with van der Waals surface area (Å²) in [5.41, 5.74) is 0. The number of carbonyl (C=O) groups excluding carboxylic acids is 2. The molecule has 1 atom stereocenters. The van der Waals surface area contributed by atoms with E-state index in [2.05, 4.69) is 38.2 Å². The van der Waals surface area contributed by atoms with Crippen molar-refractivity contribution in [1.82, 2.24) is 0 Å². The van der Waals surface area contributed by atoms with E-state index in [0.29, 0.717) is 12.8 Å². The number of aliphatic hydroxyl groups excluding tert-OH is 1. The Morgan fingerprint density at radius 3 is 0.952 bits per heavy atom. The molecule has 0 aliphatic heterocycles. The van der Waals surface area contributed by atoms with Gasteiger partial charge in [-0.3, -0.25) is 9.59 Å². The Bertz CT molecular complexity index is 943. The van der Waals surface area contributed by atoms with Gasteiger partial charge in [-0.25, -0.2) is 0 Å². The molecule has 5 heteroatoms. The van der Waals surface area contributed by atoms with Crippen molar-refractivity contribution >= 4 is 11.9 Å². The zero-order chi connectivity index (χ0) is 44.9. The molecule has 0 radical (unpaired) electrons. The molecule has 5 nitrogen and oxygen atoms in total. The van der Waals surface area contributed by atoms with Crippen LogP contribution in [-0.4, -0.2) is 36.4 Å². The zero-order valence-corrected chi connectivity index (χ0v) is 41.9. The average molecular weight is 873 g/mol. The molecule has 0 aliphatic rings. The van der Waals surface area contributed by atoms with Crippen LogP contribution in [0.3, 0.4) is 0 Å². The minimum atomic E-state index is -0.768. The van der Waals surface area contributed by atoms with E-state index in [1.54, 1.807) is 0 Å². The van der Waals surface area contributed by atoms with Crippen LogP contribution in [0, 0.1) is 0 Å². The Balaban J connectivity index is 3.43. The summed E-state index contributed by atoms with van der Waals surface area (Å²) in [5.74, 6) is -0.572. The van der Waals surface area contributed by atoms with Crippen LogP contribution in [0.5, 0.6) is 0 Å². The lowest BCUT2D eigenvalue weighted by Crippen LogP contribution is -2.28. The van der Waals surface area contributed by atoms with Crippen molar-refractivity contribution in [2.24, 2.45) is 0 Å². The van der Waals surface area contributed by atoms with Crippen molar-refractivity contribution in [1.29, 1.82) is 0 Å². The van der Waals surface area contributed by atoms with E-state index in [-0.39, 0.29) is 25.2 Å². The van der Waals surface area contributed by atoms with Crippen molar-refractivity contribution in [3.63, 3.8) is 0 Å². The van der Waals surface area contributed by atoms with Gasteiger partial charge in [0.05, 0.1) is 6.61 Å². The summed E-state index contributed by atoms with van der Waals surface area (Å²) in [4.78, 5) is 24.5. The SMILES string of the molecule is CCCCCCC/C=C\C/C=C\CCCCCCCCCCCCCCCC(=O)OC(CO)COC(=O)CCCCCCCCCCCCCCCCCCCCCCCCC. The first-order chi connectivity index (χ1) is 30.6. The lowest BCUT2D eigenvalue weighted by Gasteiger charge is -2.15. The molecule has 0 heterocycles. The van der Waals surface area contributed by atoms with Crippen molar-refractivity contribution in [3.8, 4) is 0 Å². The van der Waals surface area contributed by atoms with E-state index in [1.165, 1.54) is 244 Å². The fraction of sp³-hybridized carbons (Fsp3) is 0.895. The third-order valence-electron chi connectivity index (χ3n) is 12.7. The molecule has 0 amide bonds. The predicted molar refractivity (Wildman–Crippen MR) is 270 cm³/mol. The van der Waals surface area contributed by atoms with Gasteiger partial charge in [-0.05, 0) is 44.9 Å². The number of hydrogen-bond donors (Lipinski definition) is 1. The lowest BCUT2D eigenvalue weighted by atomic mass is 10.0. The van der Waals surface area contributed by atoms with Gasteiger partial charge in [0, 0.05) is 12.8 Å². The third kappa shape index (κ3) is 51.0. The molecule has 366 valence electrons. The predicted octanol–water partition coefficient (Wildman–Crippen LogP) is 18.5. The highest BCUT2D eigenvalue weighted by Gasteiger charge is 2.16. The Kier molecular flexibility index (Phi) is 52.3. The van der Waals surface area contributed by atoms with E-state index in [0.717, 1.165) is 38.5 Å². The third-order valence-corrected chi connectivity index (χ3v) is 12.7. The van der Waals surface area contributed by atoms with E-state index in [1.807, 2.05) is 0 Å². The number of carbonyl (C=O) groups is 2. The highest BCUT2D eigenvalue weighted by molar-refractivity contribution is 5.70. The molecule has 0 saturated heterocycles. The molecular formula is C57H108O5. The quantitative estimate of drug-likeness (QED) is 0.0374. The smallest absolute Gasteiger partial charge is 0.306 e. The topological polar surface area (TPSA) is 72.8 Å². The van der Waals surface area contributed by atoms with Gasteiger partial charge in [-0.2, -0.15) is 0 Å². The van der Waals surface area contributed by atoms with Gasteiger partial charge >= 0.3 is 11.9 Å². The fourth-order valence-electron chi connectivity index (χ4n) is 8.53. The second-order valence-corrected chi connectivity index (χ2v) is 19.0. The minimum Gasteiger partial charge on any atom is -0.462 e. The summed E-state index contributed by atoms with van der Waals surface area (Å²) < 4.78 is 10.7. The molecule has 0 aromatic carbocycles. The van der Waals surface area contributed by atoms with Crippen molar-refractivity contribution in [2.75, 3.05) is 13.2 Å². The molecule has 1 unspecified atom stereocenters. The maximum atomic E-state index is 12.3. The minimum absolute atomic E-state index is 0.0598. The Morgan fingerprint density at radius 1 is 0.371 bits per heavy atom. The number of allylic oxidation sites excluding steroid dienone is 4. The molecule has 0 aromatic heterocycles. The van der Waals surface area contributed by atoms with Crippen LogP contribution in [0.15, 0.2) is 24.3 Å². The number of ether oxygens (including phenoxy) is 2. The van der Waals surface area contributed by atoms with Crippen molar-refractivity contribution < 1.29 is 24.2 Å². The van der Waals surface area contributed by atoms with Gasteiger partial charge in [0.1, 0.15) is 6.61 Å². The van der Waals surface area contributed by atoms with Crippen LogP contribution in [0.25, 0.3) is 0 Å². The second kappa shape index (κ2) is 53.7. The second-order valence-electron chi connectivity index (χ2n) is 19.0. The van der Waals surface area contributed by atoms with Crippen LogP contribution in [0.1, 0.15) is 309 Å². The van der Waals surface area contributed by atoms with Gasteiger partial charge in [0.2, 0.25) is 0 Å². The van der Waals surface area contributed by atoms with Crippen LogP contribution in [0.2, 0.25) is 0 Å². The highest BCUT2D eigenvalue weighted by atomic mass is 16.6. The van der Waals surface area contributed by atoms with Crippen LogP contribution >= 0.6 is 0 Å². The molecule has 0 aromatic rings. The fourth-order valence-corrected chi connectivity index (χ4v) is 8.53. The van der Waals surface area contributed by atoms with Crippen LogP contribution < -0.4 is 0 Å². The monoisotopic (exact) mass is 873 g/mol. The van der Waals surface area contributed by atoms with E-state index in [4.69, 9.17) is 9.47 Å². The molecule has 0 bridgehead atoms. The van der Waals surface area contributed by atoms with Crippen LogP contribution in [-0.2, 0) is 19.1 Å². The standard InChI is InChI=1S/C57H108O5/c1-3-5-7-9-11-13-15-17-19-21-23-25-27-28-30-32-34-36-38-40-42-44-46-48-50-52-57(60)62-55(53-58)54-61-56(59)51-49-47-45-43-41-39-37-35-33-31-29-26-24-22-20-18-16-14-12-10-8-6-4-2/h15,17,21,23,55,58H,3-14,16,18-20,22,24-54H2,1-2H3/b17-15-,23-21-. The first kappa shape index (κ1) is 60.4. The Labute approximate surface area is 387 Å². The molecule has 62 heavy (non-hydrogen) atoms. The van der Waals surface area contributed by atoms with Crippen molar-refractivity contribution in [2.45, 2.75) is 315 Å². The first-order valence-corrected chi connectivity index (χ1v) is 27.9. The number of esters is 2.